The minimum Gasteiger partial charge on any atom is -0.376 e. The van der Waals surface area contributed by atoms with Gasteiger partial charge in [-0.05, 0) is 20.8 Å². The average molecular weight is 318 g/mol. The Hall–Kier alpha value is -1.52. The summed E-state index contributed by atoms with van der Waals surface area (Å²) in [6.45, 7) is 1.71. The van der Waals surface area contributed by atoms with Gasteiger partial charge in [0.15, 0.2) is 28.7 Å². The van der Waals surface area contributed by atoms with E-state index in [4.69, 9.17) is 0 Å². The van der Waals surface area contributed by atoms with E-state index in [-0.39, 0.29) is 0 Å². The van der Waals surface area contributed by atoms with E-state index < -0.39 is 52.3 Å². The SMILES string of the molecule is CC(=O)[C@@]1(O)[C@](O)(C(C)=O)[C@@](O)(C(C)=O)CO[C@@]1(O)C(C)=O. The van der Waals surface area contributed by atoms with E-state index in [1.54, 1.807) is 0 Å². The topological polar surface area (TPSA) is 158 Å². The molecule has 1 aliphatic rings. The molecule has 0 saturated carbocycles. The van der Waals surface area contributed by atoms with Crippen molar-refractivity contribution in [1.82, 2.24) is 0 Å². The fraction of sp³-hybridized carbons (Fsp3) is 0.692. The second-order valence-corrected chi connectivity index (χ2v) is 5.44. The van der Waals surface area contributed by atoms with Gasteiger partial charge >= 0.3 is 0 Å². The fourth-order valence-electron chi connectivity index (χ4n) is 2.71. The first-order chi connectivity index (χ1) is 9.73. The Morgan fingerprint density at radius 2 is 1.14 bits per heavy atom. The van der Waals surface area contributed by atoms with Crippen LogP contribution in [0.3, 0.4) is 0 Å². The molecule has 22 heavy (non-hydrogen) atoms. The van der Waals surface area contributed by atoms with Crippen molar-refractivity contribution >= 4 is 23.1 Å². The van der Waals surface area contributed by atoms with Crippen molar-refractivity contribution in [3.8, 4) is 0 Å². The van der Waals surface area contributed by atoms with E-state index in [0.29, 0.717) is 13.8 Å². The Kier molecular flexibility index (Phi) is 4.21. The first-order valence-electron chi connectivity index (χ1n) is 6.31. The van der Waals surface area contributed by atoms with Crippen LogP contribution in [0.25, 0.3) is 0 Å². The highest BCUT2D eigenvalue weighted by Gasteiger charge is 2.81. The van der Waals surface area contributed by atoms with Gasteiger partial charge in [0, 0.05) is 6.92 Å². The highest BCUT2D eigenvalue weighted by molar-refractivity contribution is 6.08. The molecular formula is C13H18O9. The molecule has 0 radical (unpaired) electrons. The van der Waals surface area contributed by atoms with Gasteiger partial charge in [0.25, 0.3) is 5.79 Å². The molecule has 0 aromatic heterocycles. The lowest BCUT2D eigenvalue weighted by molar-refractivity contribution is -0.367. The number of hydrogen-bond donors (Lipinski definition) is 4. The van der Waals surface area contributed by atoms with E-state index in [1.165, 1.54) is 0 Å². The summed E-state index contributed by atoms with van der Waals surface area (Å²) < 4.78 is 4.68. The number of ketones is 4. The predicted molar refractivity (Wildman–Crippen MR) is 68.5 cm³/mol. The molecule has 124 valence electrons. The second kappa shape index (κ2) is 5.00. The number of carbonyl (C=O) groups is 4. The van der Waals surface area contributed by atoms with Crippen molar-refractivity contribution in [2.24, 2.45) is 0 Å². The van der Waals surface area contributed by atoms with Crippen molar-refractivity contribution in [2.75, 3.05) is 6.61 Å². The minimum absolute atomic E-state index is 0.664. The molecule has 1 aliphatic heterocycles. The van der Waals surface area contributed by atoms with Crippen LogP contribution in [-0.4, -0.2) is 72.8 Å². The third-order valence-electron chi connectivity index (χ3n) is 4.18. The van der Waals surface area contributed by atoms with Gasteiger partial charge in [-0.3, -0.25) is 19.2 Å². The van der Waals surface area contributed by atoms with Crippen LogP contribution in [0, 0.1) is 0 Å². The van der Waals surface area contributed by atoms with Crippen LogP contribution in [0.1, 0.15) is 27.7 Å². The summed E-state index contributed by atoms with van der Waals surface area (Å²) in [7, 11) is 0. The number of hydrogen-bond acceptors (Lipinski definition) is 9. The van der Waals surface area contributed by atoms with Crippen LogP contribution in [0.2, 0.25) is 0 Å². The molecular weight excluding hydrogens is 300 g/mol. The lowest BCUT2D eigenvalue weighted by Gasteiger charge is -2.57. The number of rotatable bonds is 4. The Morgan fingerprint density at radius 1 is 0.727 bits per heavy atom. The highest BCUT2D eigenvalue weighted by Crippen LogP contribution is 2.47. The molecule has 0 amide bonds. The van der Waals surface area contributed by atoms with Gasteiger partial charge in [0.2, 0.25) is 11.2 Å². The smallest absolute Gasteiger partial charge is 0.267 e. The summed E-state index contributed by atoms with van der Waals surface area (Å²) in [5, 5.41) is 41.8. The second-order valence-electron chi connectivity index (χ2n) is 5.44. The van der Waals surface area contributed by atoms with E-state index in [2.05, 4.69) is 4.74 Å². The molecule has 0 aromatic rings. The third-order valence-corrected chi connectivity index (χ3v) is 4.18. The molecule has 0 spiro atoms. The third kappa shape index (κ3) is 1.77. The van der Waals surface area contributed by atoms with Crippen LogP contribution in [-0.2, 0) is 23.9 Å². The lowest BCUT2D eigenvalue weighted by atomic mass is 9.60. The van der Waals surface area contributed by atoms with Crippen molar-refractivity contribution in [3.05, 3.63) is 0 Å². The van der Waals surface area contributed by atoms with E-state index in [1.807, 2.05) is 0 Å². The van der Waals surface area contributed by atoms with Gasteiger partial charge in [-0.15, -0.1) is 0 Å². The van der Waals surface area contributed by atoms with Crippen LogP contribution in [0.5, 0.6) is 0 Å². The summed E-state index contributed by atoms with van der Waals surface area (Å²) in [5.41, 5.74) is -10.1. The van der Waals surface area contributed by atoms with Crippen molar-refractivity contribution in [3.63, 3.8) is 0 Å². The molecule has 1 heterocycles. The maximum absolute atomic E-state index is 11.9. The average Bonchev–Trinajstić information content (AvgIpc) is 2.39. The summed E-state index contributed by atoms with van der Waals surface area (Å²) >= 11 is 0. The van der Waals surface area contributed by atoms with Gasteiger partial charge in [-0.25, -0.2) is 0 Å². The van der Waals surface area contributed by atoms with E-state index in [0.717, 1.165) is 13.8 Å². The largest absolute Gasteiger partial charge is 0.376 e. The molecule has 1 saturated heterocycles. The van der Waals surface area contributed by atoms with Gasteiger partial charge in [-0.1, -0.05) is 0 Å². The molecule has 4 atom stereocenters. The maximum atomic E-state index is 11.9. The Labute approximate surface area is 125 Å². The molecule has 0 aliphatic carbocycles. The fourth-order valence-corrected chi connectivity index (χ4v) is 2.71. The normalized spacial score (nSPS) is 41.8. The van der Waals surface area contributed by atoms with Crippen molar-refractivity contribution in [2.45, 2.75) is 50.3 Å². The molecule has 0 unspecified atom stereocenters. The van der Waals surface area contributed by atoms with Crippen molar-refractivity contribution in [1.29, 1.82) is 0 Å². The minimum atomic E-state index is -3.57. The highest BCUT2D eigenvalue weighted by atomic mass is 16.7. The zero-order valence-electron chi connectivity index (χ0n) is 12.5. The Morgan fingerprint density at radius 3 is 1.41 bits per heavy atom. The Balaban J connectivity index is 3.90. The maximum Gasteiger partial charge on any atom is 0.267 e. The van der Waals surface area contributed by atoms with E-state index >= 15 is 0 Å². The first kappa shape index (κ1) is 18.5. The standard InChI is InChI=1S/C13H18O9/c1-6(14)10(18)5-22-13(21,9(4)17)12(20,8(3)16)11(10,19)7(2)15/h18-21H,5H2,1-4H3/t10-,11-,12+,13-/m0/s1. The molecule has 9 nitrogen and oxygen atoms in total. The molecule has 1 rings (SSSR count). The number of aliphatic hydroxyl groups is 4. The lowest BCUT2D eigenvalue weighted by Crippen LogP contribution is -2.88. The monoisotopic (exact) mass is 318 g/mol. The molecule has 0 aromatic carbocycles. The summed E-state index contributed by atoms with van der Waals surface area (Å²) in [6.07, 6.45) is 0. The van der Waals surface area contributed by atoms with Crippen LogP contribution >= 0.6 is 0 Å². The zero-order valence-corrected chi connectivity index (χ0v) is 12.5. The zero-order chi connectivity index (χ0) is 17.7. The summed E-state index contributed by atoms with van der Waals surface area (Å²) in [4.78, 5) is 47.2. The van der Waals surface area contributed by atoms with E-state index in [9.17, 15) is 39.6 Å². The summed E-state index contributed by atoms with van der Waals surface area (Å²) in [6, 6.07) is 0. The summed E-state index contributed by atoms with van der Waals surface area (Å²) in [5.74, 6) is -8.64. The van der Waals surface area contributed by atoms with Gasteiger partial charge in [0.1, 0.15) is 0 Å². The molecule has 0 bridgehead atoms. The van der Waals surface area contributed by atoms with Crippen LogP contribution in [0.15, 0.2) is 0 Å². The molecule has 9 heteroatoms. The molecule has 1 fully saturated rings. The van der Waals surface area contributed by atoms with Gasteiger partial charge in [0.05, 0.1) is 6.61 Å². The number of ether oxygens (including phenoxy) is 1. The van der Waals surface area contributed by atoms with Gasteiger partial charge in [-0.2, -0.15) is 0 Å². The molecule has 4 N–H and O–H groups in total. The Bertz CT molecular complexity index is 520. The first-order valence-corrected chi connectivity index (χ1v) is 6.31. The predicted octanol–water partition coefficient (Wildman–Crippen LogP) is -2.75. The van der Waals surface area contributed by atoms with Crippen molar-refractivity contribution < 1.29 is 44.3 Å². The quantitative estimate of drug-likeness (QED) is 0.431. The number of Topliss-reactive ketones (excluding diaryl/α,β-unsaturated/α-hetero) is 4. The van der Waals surface area contributed by atoms with Crippen LogP contribution < -0.4 is 0 Å². The van der Waals surface area contributed by atoms with Crippen LogP contribution in [0.4, 0.5) is 0 Å². The number of carbonyl (C=O) groups excluding carboxylic acids is 4. The van der Waals surface area contributed by atoms with Gasteiger partial charge < -0.3 is 25.2 Å².